The van der Waals surface area contributed by atoms with Crippen molar-refractivity contribution in [3.8, 4) is 0 Å². The zero-order valence-electron chi connectivity index (χ0n) is 12.0. The molecular formula is C16H20N4O. The van der Waals surface area contributed by atoms with E-state index in [0.29, 0.717) is 19.0 Å². The average Bonchev–Trinajstić information content (AvgIpc) is 3.00. The molecule has 2 aromatic rings. The zero-order valence-corrected chi connectivity index (χ0v) is 12.0. The van der Waals surface area contributed by atoms with Gasteiger partial charge in [-0.15, -0.1) is 0 Å². The topological polar surface area (TPSA) is 66.9 Å². The van der Waals surface area contributed by atoms with Gasteiger partial charge in [0, 0.05) is 24.4 Å². The van der Waals surface area contributed by atoms with Gasteiger partial charge in [-0.3, -0.25) is 4.79 Å². The molecule has 0 bridgehead atoms. The number of rotatable bonds is 5. The van der Waals surface area contributed by atoms with Gasteiger partial charge < -0.3 is 10.6 Å². The Morgan fingerprint density at radius 3 is 2.86 bits per heavy atom. The molecule has 1 aromatic carbocycles. The highest BCUT2D eigenvalue weighted by Crippen LogP contribution is 2.19. The first-order chi connectivity index (χ1) is 10.3. The number of carbonyl (C=O) groups is 1. The summed E-state index contributed by atoms with van der Waals surface area (Å²) in [5, 5.41) is 7.30. The van der Waals surface area contributed by atoms with Crippen LogP contribution in [-0.4, -0.2) is 28.5 Å². The van der Waals surface area contributed by atoms with Crippen molar-refractivity contribution in [1.29, 1.82) is 0 Å². The third-order valence-electron chi connectivity index (χ3n) is 3.91. The highest BCUT2D eigenvalue weighted by Gasteiger charge is 2.16. The van der Waals surface area contributed by atoms with Gasteiger partial charge in [0.1, 0.15) is 12.1 Å². The van der Waals surface area contributed by atoms with Crippen molar-refractivity contribution in [3.63, 3.8) is 0 Å². The predicted octanol–water partition coefficient (Wildman–Crippen LogP) is 2.49. The van der Waals surface area contributed by atoms with E-state index in [0.717, 1.165) is 29.6 Å². The maximum absolute atomic E-state index is 11.9. The van der Waals surface area contributed by atoms with Gasteiger partial charge >= 0.3 is 0 Å². The second kappa shape index (κ2) is 6.52. The minimum atomic E-state index is 0.118. The number of hydrogen-bond acceptors (Lipinski definition) is 4. The summed E-state index contributed by atoms with van der Waals surface area (Å²) < 4.78 is 0. The van der Waals surface area contributed by atoms with Crippen molar-refractivity contribution in [2.45, 2.75) is 38.1 Å². The molecule has 110 valence electrons. The Morgan fingerprint density at radius 1 is 1.19 bits per heavy atom. The van der Waals surface area contributed by atoms with Crippen LogP contribution in [0.25, 0.3) is 10.9 Å². The number of nitrogens with zero attached hydrogens (tertiary/aromatic N) is 2. The van der Waals surface area contributed by atoms with Crippen LogP contribution in [0.3, 0.4) is 0 Å². The first kappa shape index (κ1) is 13.8. The molecule has 0 atom stereocenters. The number of fused-ring (bicyclic) bond motifs is 1. The summed E-state index contributed by atoms with van der Waals surface area (Å²) in [5.74, 6) is 0.905. The Labute approximate surface area is 124 Å². The van der Waals surface area contributed by atoms with Crippen LogP contribution in [0.5, 0.6) is 0 Å². The maximum atomic E-state index is 11.9. The lowest BCUT2D eigenvalue weighted by Crippen LogP contribution is -2.33. The van der Waals surface area contributed by atoms with Crippen molar-refractivity contribution in [2.24, 2.45) is 0 Å². The van der Waals surface area contributed by atoms with E-state index >= 15 is 0 Å². The fourth-order valence-electron chi connectivity index (χ4n) is 2.81. The maximum Gasteiger partial charge on any atom is 0.221 e. The molecule has 1 amide bonds. The smallest absolute Gasteiger partial charge is 0.221 e. The molecule has 1 aromatic heterocycles. The molecule has 2 N–H and O–H groups in total. The fraction of sp³-hybridized carbons (Fsp3) is 0.438. The number of carbonyl (C=O) groups excluding carboxylic acids is 1. The summed E-state index contributed by atoms with van der Waals surface area (Å²) in [4.78, 5) is 20.3. The second-order valence-electron chi connectivity index (χ2n) is 5.47. The van der Waals surface area contributed by atoms with Crippen molar-refractivity contribution in [3.05, 3.63) is 30.6 Å². The molecule has 1 fully saturated rings. The standard InChI is InChI=1S/C16H20N4O/c21-15(20-12-5-1-2-6-12)9-10-17-16-13-7-3-4-8-14(13)18-11-19-16/h3-4,7-8,11-12H,1-2,5-6,9-10H2,(H,20,21)(H,17,18,19). The SMILES string of the molecule is O=C(CCNc1ncnc2ccccc12)NC1CCCC1. The van der Waals surface area contributed by atoms with Gasteiger partial charge in [0.25, 0.3) is 0 Å². The van der Waals surface area contributed by atoms with E-state index in [4.69, 9.17) is 0 Å². The number of para-hydroxylation sites is 1. The molecule has 21 heavy (non-hydrogen) atoms. The molecule has 1 heterocycles. The van der Waals surface area contributed by atoms with Gasteiger partial charge in [-0.1, -0.05) is 25.0 Å². The van der Waals surface area contributed by atoms with Crippen LogP contribution in [0.1, 0.15) is 32.1 Å². The van der Waals surface area contributed by atoms with E-state index in [-0.39, 0.29) is 5.91 Å². The number of amides is 1. The van der Waals surface area contributed by atoms with Gasteiger partial charge in [0.2, 0.25) is 5.91 Å². The van der Waals surface area contributed by atoms with Gasteiger partial charge in [0.05, 0.1) is 5.52 Å². The Morgan fingerprint density at radius 2 is 2.00 bits per heavy atom. The summed E-state index contributed by atoms with van der Waals surface area (Å²) in [6, 6.07) is 8.24. The quantitative estimate of drug-likeness (QED) is 0.885. The van der Waals surface area contributed by atoms with Crippen molar-refractivity contribution in [2.75, 3.05) is 11.9 Å². The summed E-state index contributed by atoms with van der Waals surface area (Å²) in [7, 11) is 0. The predicted molar refractivity (Wildman–Crippen MR) is 83.0 cm³/mol. The second-order valence-corrected chi connectivity index (χ2v) is 5.47. The number of anilines is 1. The van der Waals surface area contributed by atoms with Crippen molar-refractivity contribution < 1.29 is 4.79 Å². The Bertz CT molecular complexity index is 617. The van der Waals surface area contributed by atoms with Crippen LogP contribution in [-0.2, 0) is 4.79 Å². The molecule has 0 radical (unpaired) electrons. The lowest BCUT2D eigenvalue weighted by atomic mass is 10.2. The van der Waals surface area contributed by atoms with Crippen LogP contribution >= 0.6 is 0 Å². The molecule has 1 aliphatic carbocycles. The number of hydrogen-bond donors (Lipinski definition) is 2. The number of aromatic nitrogens is 2. The normalized spacial score (nSPS) is 15.2. The van der Waals surface area contributed by atoms with Gasteiger partial charge in [0.15, 0.2) is 0 Å². The lowest BCUT2D eigenvalue weighted by Gasteiger charge is -2.12. The van der Waals surface area contributed by atoms with Crippen LogP contribution in [0.4, 0.5) is 5.82 Å². The molecule has 0 spiro atoms. The molecule has 5 heteroatoms. The minimum Gasteiger partial charge on any atom is -0.369 e. The number of nitrogens with one attached hydrogen (secondary N) is 2. The van der Waals surface area contributed by atoms with Gasteiger partial charge in [-0.05, 0) is 25.0 Å². The van der Waals surface area contributed by atoms with Crippen LogP contribution in [0, 0.1) is 0 Å². The summed E-state index contributed by atoms with van der Waals surface area (Å²) >= 11 is 0. The zero-order chi connectivity index (χ0) is 14.5. The molecule has 1 saturated carbocycles. The van der Waals surface area contributed by atoms with E-state index < -0.39 is 0 Å². The molecule has 0 saturated heterocycles. The summed E-state index contributed by atoms with van der Waals surface area (Å²) in [6.07, 6.45) is 6.72. The molecule has 0 aliphatic heterocycles. The van der Waals surface area contributed by atoms with Gasteiger partial charge in [-0.25, -0.2) is 9.97 Å². The van der Waals surface area contributed by atoms with E-state index in [1.54, 1.807) is 6.33 Å². The third-order valence-corrected chi connectivity index (χ3v) is 3.91. The highest BCUT2D eigenvalue weighted by molar-refractivity contribution is 5.88. The molecule has 0 unspecified atom stereocenters. The van der Waals surface area contributed by atoms with Crippen LogP contribution in [0.2, 0.25) is 0 Å². The molecule has 1 aliphatic rings. The Hall–Kier alpha value is -2.17. The molecular weight excluding hydrogens is 264 g/mol. The third kappa shape index (κ3) is 3.48. The molecule has 5 nitrogen and oxygen atoms in total. The lowest BCUT2D eigenvalue weighted by molar-refractivity contribution is -0.121. The largest absolute Gasteiger partial charge is 0.369 e. The summed E-state index contributed by atoms with van der Waals surface area (Å²) in [6.45, 7) is 0.583. The minimum absolute atomic E-state index is 0.118. The van der Waals surface area contributed by atoms with E-state index in [9.17, 15) is 4.79 Å². The Kier molecular flexibility index (Phi) is 4.28. The molecule has 3 rings (SSSR count). The van der Waals surface area contributed by atoms with E-state index in [1.165, 1.54) is 12.8 Å². The first-order valence-electron chi connectivity index (χ1n) is 7.56. The van der Waals surface area contributed by atoms with Gasteiger partial charge in [-0.2, -0.15) is 0 Å². The van der Waals surface area contributed by atoms with Crippen molar-refractivity contribution >= 4 is 22.6 Å². The summed E-state index contributed by atoms with van der Waals surface area (Å²) in [5.41, 5.74) is 0.908. The highest BCUT2D eigenvalue weighted by atomic mass is 16.1. The van der Waals surface area contributed by atoms with Crippen LogP contribution in [0.15, 0.2) is 30.6 Å². The monoisotopic (exact) mass is 284 g/mol. The Balaban J connectivity index is 1.53. The van der Waals surface area contributed by atoms with Crippen LogP contribution < -0.4 is 10.6 Å². The first-order valence-corrected chi connectivity index (χ1v) is 7.56. The average molecular weight is 284 g/mol. The number of benzene rings is 1. The van der Waals surface area contributed by atoms with E-state index in [1.807, 2.05) is 24.3 Å². The van der Waals surface area contributed by atoms with Crippen molar-refractivity contribution in [1.82, 2.24) is 15.3 Å². The van der Waals surface area contributed by atoms with E-state index in [2.05, 4.69) is 20.6 Å². The fourth-order valence-corrected chi connectivity index (χ4v) is 2.81.